The lowest BCUT2D eigenvalue weighted by molar-refractivity contribution is -0.129. The fraction of sp³-hybridized carbons (Fsp3) is 0.185. The molecule has 2 amide bonds. The second-order valence-electron chi connectivity index (χ2n) is 7.71. The minimum absolute atomic E-state index is 0.0473. The van der Waals surface area contributed by atoms with Gasteiger partial charge in [0, 0.05) is 10.6 Å². The van der Waals surface area contributed by atoms with Gasteiger partial charge < -0.3 is 15.4 Å². The van der Waals surface area contributed by atoms with Crippen molar-refractivity contribution in [3.05, 3.63) is 95.6 Å². The molecular formula is C27H25N3O4S. The lowest BCUT2D eigenvalue weighted by Gasteiger charge is -2.19. The summed E-state index contributed by atoms with van der Waals surface area (Å²) < 4.78 is 5.41. The third-order valence-electron chi connectivity index (χ3n) is 5.05. The first-order valence-corrected chi connectivity index (χ1v) is 11.9. The molecule has 0 spiro atoms. The molecule has 0 saturated heterocycles. The maximum Gasteiger partial charge on any atom is 0.340 e. The highest BCUT2D eigenvalue weighted by Crippen LogP contribution is 2.24. The maximum atomic E-state index is 12.8. The van der Waals surface area contributed by atoms with Crippen LogP contribution in [0, 0.1) is 11.3 Å². The Morgan fingerprint density at radius 1 is 0.971 bits per heavy atom. The number of nitriles is 1. The fourth-order valence-corrected chi connectivity index (χ4v) is 4.04. The largest absolute Gasteiger partial charge is 0.449 e. The molecule has 7 nitrogen and oxygen atoms in total. The molecule has 0 aliphatic rings. The molecule has 2 N–H and O–H groups in total. The molecule has 2 atom stereocenters. The molecule has 8 heteroatoms. The van der Waals surface area contributed by atoms with Crippen LogP contribution in [0.3, 0.4) is 0 Å². The van der Waals surface area contributed by atoms with Gasteiger partial charge in [-0.25, -0.2) is 4.79 Å². The van der Waals surface area contributed by atoms with Gasteiger partial charge in [0.15, 0.2) is 6.10 Å². The summed E-state index contributed by atoms with van der Waals surface area (Å²) in [4.78, 5) is 38.3. The maximum absolute atomic E-state index is 12.8. The van der Waals surface area contributed by atoms with Gasteiger partial charge in [0.25, 0.3) is 5.91 Å². The minimum Gasteiger partial charge on any atom is -0.449 e. The lowest BCUT2D eigenvalue weighted by Crippen LogP contribution is -2.37. The molecule has 0 radical (unpaired) electrons. The second kappa shape index (κ2) is 12.4. The van der Waals surface area contributed by atoms with E-state index in [-0.39, 0.29) is 23.3 Å². The van der Waals surface area contributed by atoms with E-state index in [4.69, 9.17) is 10.00 Å². The van der Waals surface area contributed by atoms with Gasteiger partial charge >= 0.3 is 5.97 Å². The van der Waals surface area contributed by atoms with Gasteiger partial charge in [0.2, 0.25) is 5.91 Å². The monoisotopic (exact) mass is 487 g/mol. The van der Waals surface area contributed by atoms with Crippen LogP contribution in [0.25, 0.3) is 0 Å². The topological polar surface area (TPSA) is 108 Å². The number of nitrogens with zero attached hydrogens (tertiary/aromatic N) is 1. The van der Waals surface area contributed by atoms with Crippen molar-refractivity contribution in [2.24, 2.45) is 0 Å². The smallest absolute Gasteiger partial charge is 0.340 e. The van der Waals surface area contributed by atoms with E-state index < -0.39 is 18.0 Å². The van der Waals surface area contributed by atoms with E-state index in [0.29, 0.717) is 16.1 Å². The number of nitrogens with one attached hydrogen (secondary N) is 2. The van der Waals surface area contributed by atoms with Crippen LogP contribution >= 0.6 is 11.8 Å². The van der Waals surface area contributed by atoms with Crippen LogP contribution in [-0.4, -0.2) is 29.6 Å². The average Bonchev–Trinajstić information content (AvgIpc) is 2.88. The molecule has 0 saturated carbocycles. The average molecular weight is 488 g/mol. The van der Waals surface area contributed by atoms with Crippen molar-refractivity contribution in [2.45, 2.75) is 30.9 Å². The Bertz CT molecular complexity index is 1240. The van der Waals surface area contributed by atoms with Crippen molar-refractivity contribution in [3.8, 4) is 6.07 Å². The SMILES string of the molecule is CC(OC(=O)c1ccccc1SCC(=O)Nc1cccc(C#N)c1)C(=O)NC(C)c1ccccc1. The normalized spacial score (nSPS) is 12.0. The second-order valence-corrected chi connectivity index (χ2v) is 8.73. The highest BCUT2D eigenvalue weighted by Gasteiger charge is 2.22. The molecule has 2 unspecified atom stereocenters. The van der Waals surface area contributed by atoms with E-state index in [2.05, 4.69) is 10.6 Å². The highest BCUT2D eigenvalue weighted by molar-refractivity contribution is 8.00. The molecule has 3 rings (SSSR count). The van der Waals surface area contributed by atoms with Gasteiger partial charge in [-0.05, 0) is 49.7 Å². The van der Waals surface area contributed by atoms with Gasteiger partial charge in [0.05, 0.1) is 29.0 Å². The number of anilines is 1. The number of thioether (sulfide) groups is 1. The van der Waals surface area contributed by atoms with Crippen molar-refractivity contribution in [2.75, 3.05) is 11.1 Å². The Morgan fingerprint density at radius 2 is 1.69 bits per heavy atom. The number of hydrogen-bond donors (Lipinski definition) is 2. The lowest BCUT2D eigenvalue weighted by atomic mass is 10.1. The zero-order valence-electron chi connectivity index (χ0n) is 19.4. The van der Waals surface area contributed by atoms with Crippen LogP contribution in [0.15, 0.2) is 83.8 Å². The Balaban J connectivity index is 1.57. The third-order valence-corrected chi connectivity index (χ3v) is 6.13. The Kier molecular flexibility index (Phi) is 9.04. The van der Waals surface area contributed by atoms with Crippen molar-refractivity contribution < 1.29 is 19.1 Å². The van der Waals surface area contributed by atoms with Gasteiger partial charge in [-0.1, -0.05) is 48.5 Å². The van der Waals surface area contributed by atoms with Crippen molar-refractivity contribution in [3.63, 3.8) is 0 Å². The summed E-state index contributed by atoms with van der Waals surface area (Å²) in [5.74, 6) is -1.29. The highest BCUT2D eigenvalue weighted by atomic mass is 32.2. The van der Waals surface area contributed by atoms with Crippen molar-refractivity contribution in [1.82, 2.24) is 5.32 Å². The van der Waals surface area contributed by atoms with E-state index >= 15 is 0 Å². The van der Waals surface area contributed by atoms with Crippen molar-refractivity contribution >= 4 is 35.2 Å². The Hall–Kier alpha value is -4.09. The molecule has 0 aromatic heterocycles. The zero-order valence-corrected chi connectivity index (χ0v) is 20.2. The molecule has 3 aromatic rings. The van der Waals surface area contributed by atoms with Crippen molar-refractivity contribution in [1.29, 1.82) is 5.26 Å². The van der Waals surface area contributed by atoms with Gasteiger partial charge in [-0.3, -0.25) is 9.59 Å². The number of amides is 2. The van der Waals surface area contributed by atoms with Gasteiger partial charge in [-0.15, -0.1) is 11.8 Å². The molecule has 0 aliphatic carbocycles. The molecule has 0 fully saturated rings. The summed E-state index contributed by atoms with van der Waals surface area (Å²) in [6.07, 6.45) is -0.998. The number of ether oxygens (including phenoxy) is 1. The molecule has 0 heterocycles. The van der Waals surface area contributed by atoms with Crippen LogP contribution in [0.1, 0.15) is 41.4 Å². The predicted octanol–water partition coefficient (Wildman–Crippen LogP) is 4.71. The Morgan fingerprint density at radius 3 is 2.43 bits per heavy atom. The minimum atomic E-state index is -0.998. The van der Waals surface area contributed by atoms with Crippen LogP contribution in [0.2, 0.25) is 0 Å². The summed E-state index contributed by atoms with van der Waals surface area (Å²) in [5.41, 5.74) is 2.18. The quantitative estimate of drug-likeness (QED) is 0.334. The van der Waals surface area contributed by atoms with Gasteiger partial charge in [-0.2, -0.15) is 5.26 Å². The summed E-state index contributed by atoms with van der Waals surface area (Å²) >= 11 is 1.18. The Labute approximate surface area is 208 Å². The molecule has 3 aromatic carbocycles. The molecule has 0 aliphatic heterocycles. The van der Waals surface area contributed by atoms with Gasteiger partial charge in [0.1, 0.15) is 0 Å². The number of rotatable bonds is 9. The molecule has 35 heavy (non-hydrogen) atoms. The van der Waals surface area contributed by atoms with Crippen LogP contribution in [0.5, 0.6) is 0 Å². The first-order valence-electron chi connectivity index (χ1n) is 11.0. The standard InChI is InChI=1S/C27H25N3O4S/c1-18(21-10-4-3-5-11-21)29-26(32)19(2)34-27(33)23-13-6-7-14-24(23)35-17-25(31)30-22-12-8-9-20(15-22)16-28/h3-15,18-19H,17H2,1-2H3,(H,29,32)(H,30,31). The van der Waals surface area contributed by atoms with Crippen LogP contribution < -0.4 is 10.6 Å². The van der Waals surface area contributed by atoms with Crippen LogP contribution in [0.4, 0.5) is 5.69 Å². The van der Waals surface area contributed by atoms with E-state index in [0.717, 1.165) is 5.56 Å². The van der Waals surface area contributed by atoms with E-state index in [1.165, 1.54) is 18.7 Å². The molecule has 178 valence electrons. The van der Waals surface area contributed by atoms with E-state index in [1.807, 2.05) is 43.3 Å². The zero-order chi connectivity index (χ0) is 25.2. The van der Waals surface area contributed by atoms with E-state index in [9.17, 15) is 14.4 Å². The number of benzene rings is 3. The summed E-state index contributed by atoms with van der Waals surface area (Å²) in [6.45, 7) is 3.37. The molecule has 0 bridgehead atoms. The number of carbonyl (C=O) groups excluding carboxylic acids is 3. The first kappa shape index (κ1) is 25.5. The number of carbonyl (C=O) groups is 3. The summed E-state index contributed by atoms with van der Waals surface area (Å²) in [5, 5.41) is 14.6. The fourth-order valence-electron chi connectivity index (χ4n) is 3.20. The number of esters is 1. The summed E-state index contributed by atoms with van der Waals surface area (Å²) in [6, 6.07) is 24.6. The third kappa shape index (κ3) is 7.45. The predicted molar refractivity (Wildman–Crippen MR) is 135 cm³/mol. The summed E-state index contributed by atoms with van der Waals surface area (Å²) in [7, 11) is 0. The first-order chi connectivity index (χ1) is 16.9. The van der Waals surface area contributed by atoms with Crippen LogP contribution in [-0.2, 0) is 14.3 Å². The molecular weight excluding hydrogens is 462 g/mol. The number of hydrogen-bond acceptors (Lipinski definition) is 6. The van der Waals surface area contributed by atoms with E-state index in [1.54, 1.807) is 48.5 Å².